The number of anilines is 1. The molecule has 0 aliphatic heterocycles. The van der Waals surface area contributed by atoms with Crippen molar-refractivity contribution in [2.75, 3.05) is 158 Å². The molecule has 554 valence electrons. The highest BCUT2D eigenvalue weighted by atomic mass is 16.5. The number of hydrogen-bond acceptors (Lipinski definition) is 25. The Morgan fingerprint density at radius 2 is 0.694 bits per heavy atom. The van der Waals surface area contributed by atoms with E-state index in [4.69, 9.17) is 31.8 Å². The van der Waals surface area contributed by atoms with Gasteiger partial charge in [-0.2, -0.15) is 0 Å². The van der Waals surface area contributed by atoms with Gasteiger partial charge in [0.2, 0.25) is 11.8 Å². The van der Waals surface area contributed by atoms with Gasteiger partial charge in [0, 0.05) is 224 Å². The van der Waals surface area contributed by atoms with Crippen LogP contribution < -0.4 is 16.4 Å². The van der Waals surface area contributed by atoms with Gasteiger partial charge in [0.05, 0.1) is 26.6 Å². The molecule has 1 aromatic carbocycles. The minimum Gasteiger partial charge on any atom is -0.469 e. The lowest BCUT2D eigenvalue weighted by atomic mass is 9.91. The van der Waals surface area contributed by atoms with Crippen LogP contribution in [0.25, 0.3) is 0 Å². The average molecular weight is 1380 g/mol. The topological polar surface area (TPSA) is 391 Å². The van der Waals surface area contributed by atoms with E-state index in [0.717, 1.165) is 18.7 Å². The zero-order valence-corrected chi connectivity index (χ0v) is 60.8. The van der Waals surface area contributed by atoms with Gasteiger partial charge in [-0.3, -0.25) is 47.9 Å². The largest absolute Gasteiger partial charge is 0.469 e. The van der Waals surface area contributed by atoms with Crippen molar-refractivity contribution in [2.24, 2.45) is 5.92 Å². The van der Waals surface area contributed by atoms with Gasteiger partial charge in [-0.1, -0.05) is 18.7 Å². The number of esters is 2. The molecular formula is C71H121N13O14. The number of nitrogens with one attached hydrogen (secondary N) is 6. The van der Waals surface area contributed by atoms with E-state index in [2.05, 4.69) is 26.8 Å². The van der Waals surface area contributed by atoms with Gasteiger partial charge in [0.25, 0.3) is 0 Å². The van der Waals surface area contributed by atoms with Crippen molar-refractivity contribution in [1.29, 1.82) is 21.6 Å². The monoisotopic (exact) mass is 1380 g/mol. The minimum absolute atomic E-state index is 0.00482. The maximum absolute atomic E-state index is 14.5. The molecule has 0 heterocycles. The number of Topliss-reactive ketones (excluding diaryl/α,β-unsaturated/α-hetero) is 7. The lowest BCUT2D eigenvalue weighted by Crippen LogP contribution is -2.43. The van der Waals surface area contributed by atoms with E-state index in [0.29, 0.717) is 224 Å². The Bertz CT molecular complexity index is 2540. The van der Waals surface area contributed by atoms with Crippen LogP contribution in [0.1, 0.15) is 157 Å². The highest BCUT2D eigenvalue weighted by Crippen LogP contribution is 2.16. The Hall–Kier alpha value is -7.27. The van der Waals surface area contributed by atoms with Crippen LogP contribution in [-0.4, -0.2) is 274 Å². The van der Waals surface area contributed by atoms with E-state index in [1.54, 1.807) is 12.1 Å². The SMILES string of the molecule is C=CC(=O)OC.CO.COC(=O)CCN(CCNC(=O)CCN(CCNC(=O)C(Cc1ccc(N)cc1)C(=N)CCN(CCC(=N)CCN(CCC(C)=O)CCC(C)=O)CCC(=N)CCN(CCC(C)=O)CCC(C)=O)CCC(=N)CCN(CCC(C)=O)CCC(C)=O)CCC(C)=O. The van der Waals surface area contributed by atoms with E-state index in [9.17, 15) is 58.1 Å². The van der Waals surface area contributed by atoms with Gasteiger partial charge in [0.1, 0.15) is 40.5 Å². The summed E-state index contributed by atoms with van der Waals surface area (Å²) in [5, 5.41) is 49.4. The molecule has 0 aromatic heterocycles. The van der Waals surface area contributed by atoms with E-state index >= 15 is 0 Å². The van der Waals surface area contributed by atoms with Crippen LogP contribution in [-0.2, 0) is 68.6 Å². The highest BCUT2D eigenvalue weighted by molar-refractivity contribution is 6.03. The number of carbonyl (C=O) groups is 11. The molecule has 0 radical (unpaired) electrons. The van der Waals surface area contributed by atoms with Gasteiger partial charge in [-0.15, -0.1) is 0 Å². The number of benzene rings is 1. The van der Waals surface area contributed by atoms with E-state index in [1.165, 1.54) is 62.7 Å². The number of nitrogens with two attached hydrogens (primary N) is 1. The maximum atomic E-state index is 14.5. The molecule has 1 atom stereocenters. The third-order valence-electron chi connectivity index (χ3n) is 16.1. The van der Waals surface area contributed by atoms with Crippen LogP contribution in [0, 0.1) is 27.6 Å². The Morgan fingerprint density at radius 3 is 0.980 bits per heavy atom. The maximum Gasteiger partial charge on any atom is 0.329 e. The number of aliphatic hydroxyl groups excluding tert-OH is 1. The summed E-state index contributed by atoms with van der Waals surface area (Å²) in [6, 6.07) is 7.15. The Morgan fingerprint density at radius 1 is 0.418 bits per heavy atom. The van der Waals surface area contributed by atoms with Crippen molar-refractivity contribution in [3.63, 3.8) is 0 Å². The number of carbonyl (C=O) groups excluding carboxylic acids is 11. The number of amides is 2. The summed E-state index contributed by atoms with van der Waals surface area (Å²) >= 11 is 0. The van der Waals surface area contributed by atoms with Crippen molar-refractivity contribution in [3.8, 4) is 0 Å². The number of aliphatic hydroxyl groups is 1. The molecule has 0 saturated carbocycles. The summed E-state index contributed by atoms with van der Waals surface area (Å²) < 4.78 is 8.93. The molecule has 0 aliphatic rings. The summed E-state index contributed by atoms with van der Waals surface area (Å²) in [6.07, 6.45) is 6.51. The number of ketones is 7. The quantitative estimate of drug-likeness (QED) is 0.0183. The smallest absolute Gasteiger partial charge is 0.329 e. The first-order chi connectivity index (χ1) is 46.4. The summed E-state index contributed by atoms with van der Waals surface area (Å²) in [7, 11) is 3.62. The fourth-order valence-electron chi connectivity index (χ4n) is 9.67. The fourth-order valence-corrected chi connectivity index (χ4v) is 9.67. The Kier molecular flexibility index (Phi) is 54.6. The molecule has 98 heavy (non-hydrogen) atoms. The van der Waals surface area contributed by atoms with E-state index in [-0.39, 0.29) is 103 Å². The second kappa shape index (κ2) is 57.6. The number of nitrogen functional groups attached to an aromatic ring is 1. The lowest BCUT2D eigenvalue weighted by Gasteiger charge is -2.26. The summed E-state index contributed by atoms with van der Waals surface area (Å²) in [5.74, 6) is -2.00. The van der Waals surface area contributed by atoms with Crippen molar-refractivity contribution < 1.29 is 67.3 Å². The second-order valence-corrected chi connectivity index (χ2v) is 24.7. The Balaban J connectivity index is 0. The number of ether oxygens (including phenoxy) is 2. The van der Waals surface area contributed by atoms with Gasteiger partial charge in [-0.05, 0) is 118 Å². The Labute approximate surface area is 583 Å². The van der Waals surface area contributed by atoms with Crippen LogP contribution in [0.2, 0.25) is 0 Å². The molecule has 1 aromatic rings. The normalized spacial score (nSPS) is 11.3. The predicted octanol–water partition coefficient (Wildman–Crippen LogP) is 5.04. The van der Waals surface area contributed by atoms with Crippen molar-refractivity contribution in [2.45, 2.75) is 158 Å². The molecule has 0 spiro atoms. The first-order valence-corrected chi connectivity index (χ1v) is 34.1. The summed E-state index contributed by atoms with van der Waals surface area (Å²) in [5.41, 5.74) is 8.99. The molecule has 0 aliphatic carbocycles. The van der Waals surface area contributed by atoms with Crippen LogP contribution in [0.5, 0.6) is 0 Å². The third-order valence-corrected chi connectivity index (χ3v) is 16.1. The highest BCUT2D eigenvalue weighted by Gasteiger charge is 2.26. The number of rotatable bonds is 59. The molecule has 0 bridgehead atoms. The summed E-state index contributed by atoms with van der Waals surface area (Å²) in [4.78, 5) is 144. The molecular weight excluding hydrogens is 1260 g/mol. The number of nitrogens with zero attached hydrogens (tertiary/aromatic N) is 6. The summed E-state index contributed by atoms with van der Waals surface area (Å²) in [6.45, 7) is 22.1. The van der Waals surface area contributed by atoms with Crippen molar-refractivity contribution >= 4 is 92.8 Å². The molecule has 1 unspecified atom stereocenters. The average Bonchev–Trinajstić information content (AvgIpc) is 0.875. The molecule has 2 amide bonds. The molecule has 0 saturated heterocycles. The molecule has 9 N–H and O–H groups in total. The lowest BCUT2D eigenvalue weighted by molar-refractivity contribution is -0.141. The van der Waals surface area contributed by atoms with E-state index < -0.39 is 11.9 Å². The second-order valence-electron chi connectivity index (χ2n) is 24.7. The van der Waals surface area contributed by atoms with Gasteiger partial charge in [-0.25, -0.2) is 4.79 Å². The van der Waals surface area contributed by atoms with Gasteiger partial charge < -0.3 is 82.0 Å². The molecule has 0 fully saturated rings. The predicted molar refractivity (Wildman–Crippen MR) is 385 cm³/mol. The van der Waals surface area contributed by atoms with Crippen molar-refractivity contribution in [3.05, 3.63) is 42.5 Å². The van der Waals surface area contributed by atoms with Gasteiger partial charge in [0.15, 0.2) is 0 Å². The van der Waals surface area contributed by atoms with Crippen LogP contribution in [0.3, 0.4) is 0 Å². The zero-order chi connectivity index (χ0) is 74.4. The van der Waals surface area contributed by atoms with Crippen LogP contribution in [0.15, 0.2) is 36.9 Å². The standard InChI is InChI=1S/C66H111N13O11.C4H6O2.CH4O/c1-50(80)13-31-74(32-14-51(2)81)38-20-59(68)23-41-77(42-24-60(69)21-39-75(33-15-52(3)82)34-16-53(4)83)44-26-63(71)62(49-57-9-11-58(67)12-10-57)66(89)73-30-48-79(43-25-61(70)22-40-76(35-17-54(5)84)36-18-55(6)85)45-27-64(87)72-29-47-78(37-19-56(7)86)46-28-65(88)90-8;1-3-4(5)6-2;1-2/h9-12,62,68-71H,13-49,67H2,1-8H3,(H,72,87)(H,73,89);3H,1H2,2H3;2H,1H3. The molecule has 1 rings (SSSR count). The molecule has 27 nitrogen and oxygen atoms in total. The number of hydrogen-bond donors (Lipinski definition) is 8. The first kappa shape index (κ1) is 92.8. The fraction of sp³-hybridized carbons (Fsp3) is 0.676. The zero-order valence-electron chi connectivity index (χ0n) is 60.8. The van der Waals surface area contributed by atoms with Crippen molar-refractivity contribution in [1.82, 2.24) is 40.0 Å². The first-order valence-electron chi connectivity index (χ1n) is 34.1. The van der Waals surface area contributed by atoms with Crippen LogP contribution >= 0.6 is 0 Å². The van der Waals surface area contributed by atoms with Crippen LogP contribution in [0.4, 0.5) is 5.69 Å². The third kappa shape index (κ3) is 53.7. The minimum atomic E-state index is -0.886. The van der Waals surface area contributed by atoms with E-state index in [1.807, 2.05) is 36.6 Å². The molecule has 27 heteroatoms. The van der Waals surface area contributed by atoms with Gasteiger partial charge >= 0.3 is 11.9 Å². The number of methoxy groups -OCH3 is 2.